The van der Waals surface area contributed by atoms with Gasteiger partial charge in [-0.3, -0.25) is 9.78 Å². The standard InChI is InChI=1S/C23H19N3OS/c1-16-20(12-13-21(25-16)17-8-4-2-5-9-17)22(27)24-14-19-15-28-23(26-19)18-10-6-3-7-11-18/h2-13,15H,14H2,1H3,(H,24,27). The first-order chi connectivity index (χ1) is 13.7. The van der Waals surface area contributed by atoms with Gasteiger partial charge in [0.1, 0.15) is 5.01 Å². The van der Waals surface area contributed by atoms with E-state index in [2.05, 4.69) is 15.3 Å². The lowest BCUT2D eigenvalue weighted by Crippen LogP contribution is -2.24. The molecule has 0 saturated heterocycles. The quantitative estimate of drug-likeness (QED) is 0.519. The lowest BCUT2D eigenvalue weighted by atomic mass is 10.1. The summed E-state index contributed by atoms with van der Waals surface area (Å²) in [7, 11) is 0. The van der Waals surface area contributed by atoms with Crippen LogP contribution in [0.3, 0.4) is 0 Å². The summed E-state index contributed by atoms with van der Waals surface area (Å²) in [5.41, 5.74) is 5.13. The molecule has 0 aliphatic rings. The van der Waals surface area contributed by atoms with Gasteiger partial charge in [-0.1, -0.05) is 60.7 Å². The number of aromatic nitrogens is 2. The van der Waals surface area contributed by atoms with Crippen molar-refractivity contribution in [1.29, 1.82) is 0 Å². The van der Waals surface area contributed by atoms with E-state index >= 15 is 0 Å². The molecular formula is C23H19N3OS. The van der Waals surface area contributed by atoms with Crippen LogP contribution >= 0.6 is 11.3 Å². The van der Waals surface area contributed by atoms with Crippen LogP contribution in [0.4, 0.5) is 0 Å². The number of hydrogen-bond acceptors (Lipinski definition) is 4. The third-order valence-electron chi connectivity index (χ3n) is 4.40. The molecule has 0 saturated carbocycles. The fourth-order valence-corrected chi connectivity index (χ4v) is 3.76. The summed E-state index contributed by atoms with van der Waals surface area (Å²) in [5.74, 6) is -0.140. The molecule has 28 heavy (non-hydrogen) atoms. The molecule has 0 fully saturated rings. The first-order valence-corrected chi connectivity index (χ1v) is 9.90. The van der Waals surface area contributed by atoms with Crippen LogP contribution in [0.2, 0.25) is 0 Å². The number of amides is 1. The van der Waals surface area contributed by atoms with Crippen molar-refractivity contribution in [3.05, 3.63) is 95.1 Å². The summed E-state index contributed by atoms with van der Waals surface area (Å²) in [5, 5.41) is 5.88. The molecular weight excluding hydrogens is 366 g/mol. The molecule has 2 aromatic carbocycles. The second kappa shape index (κ2) is 8.15. The van der Waals surface area contributed by atoms with E-state index < -0.39 is 0 Å². The Hall–Kier alpha value is -3.31. The van der Waals surface area contributed by atoms with E-state index in [1.54, 1.807) is 11.3 Å². The van der Waals surface area contributed by atoms with Gasteiger partial charge in [0, 0.05) is 16.5 Å². The van der Waals surface area contributed by atoms with Gasteiger partial charge >= 0.3 is 0 Å². The van der Waals surface area contributed by atoms with Crippen LogP contribution in [-0.2, 0) is 6.54 Å². The monoisotopic (exact) mass is 385 g/mol. The van der Waals surface area contributed by atoms with Crippen molar-refractivity contribution in [2.75, 3.05) is 0 Å². The minimum absolute atomic E-state index is 0.140. The predicted molar refractivity (Wildman–Crippen MR) is 113 cm³/mol. The highest BCUT2D eigenvalue weighted by Crippen LogP contribution is 2.23. The van der Waals surface area contributed by atoms with E-state index in [9.17, 15) is 4.79 Å². The average molecular weight is 385 g/mol. The summed E-state index contributed by atoms with van der Waals surface area (Å²) >= 11 is 1.58. The van der Waals surface area contributed by atoms with E-state index in [1.165, 1.54) is 0 Å². The lowest BCUT2D eigenvalue weighted by Gasteiger charge is -2.08. The maximum Gasteiger partial charge on any atom is 0.253 e. The maximum atomic E-state index is 12.6. The molecule has 138 valence electrons. The number of carbonyl (C=O) groups is 1. The molecule has 0 atom stereocenters. The number of carbonyl (C=O) groups excluding carboxylic acids is 1. The van der Waals surface area contributed by atoms with Crippen molar-refractivity contribution >= 4 is 17.2 Å². The van der Waals surface area contributed by atoms with Crippen molar-refractivity contribution in [2.45, 2.75) is 13.5 Å². The van der Waals surface area contributed by atoms with E-state index in [1.807, 2.05) is 85.1 Å². The van der Waals surface area contributed by atoms with Gasteiger partial charge in [0.25, 0.3) is 5.91 Å². The van der Waals surface area contributed by atoms with Gasteiger partial charge < -0.3 is 5.32 Å². The van der Waals surface area contributed by atoms with Crippen molar-refractivity contribution < 1.29 is 4.79 Å². The van der Waals surface area contributed by atoms with Crippen molar-refractivity contribution in [1.82, 2.24) is 15.3 Å². The molecule has 0 unspecified atom stereocenters. The van der Waals surface area contributed by atoms with Gasteiger partial charge in [-0.05, 0) is 19.1 Å². The molecule has 0 spiro atoms. The number of benzene rings is 2. The van der Waals surface area contributed by atoms with Crippen LogP contribution in [0, 0.1) is 6.92 Å². The molecule has 0 aliphatic carbocycles. The van der Waals surface area contributed by atoms with Gasteiger partial charge in [-0.2, -0.15) is 0 Å². The zero-order chi connectivity index (χ0) is 19.3. The molecule has 0 bridgehead atoms. The lowest BCUT2D eigenvalue weighted by molar-refractivity contribution is 0.0949. The van der Waals surface area contributed by atoms with Gasteiger partial charge in [-0.25, -0.2) is 4.98 Å². The summed E-state index contributed by atoms with van der Waals surface area (Å²) < 4.78 is 0. The fraction of sp³-hybridized carbons (Fsp3) is 0.0870. The van der Waals surface area contributed by atoms with Gasteiger partial charge in [-0.15, -0.1) is 11.3 Å². The Balaban J connectivity index is 1.44. The second-order valence-electron chi connectivity index (χ2n) is 6.39. The third-order valence-corrected chi connectivity index (χ3v) is 5.34. The van der Waals surface area contributed by atoms with Crippen LogP contribution in [0.25, 0.3) is 21.8 Å². The van der Waals surface area contributed by atoms with Crippen LogP contribution in [-0.4, -0.2) is 15.9 Å². The molecule has 0 aliphatic heterocycles. The Morgan fingerprint density at radius 3 is 2.25 bits per heavy atom. The molecule has 2 heterocycles. The smallest absolute Gasteiger partial charge is 0.253 e. The van der Waals surface area contributed by atoms with Crippen LogP contribution < -0.4 is 5.32 Å². The Bertz CT molecular complexity index is 1090. The summed E-state index contributed by atoms with van der Waals surface area (Å²) in [6, 6.07) is 23.7. The number of nitrogens with one attached hydrogen (secondary N) is 1. The Kier molecular flexibility index (Phi) is 5.26. The topological polar surface area (TPSA) is 54.9 Å². The minimum atomic E-state index is -0.140. The van der Waals surface area contributed by atoms with Crippen LogP contribution in [0.15, 0.2) is 78.2 Å². The number of nitrogens with zero attached hydrogens (tertiary/aromatic N) is 2. The van der Waals surface area contributed by atoms with Crippen LogP contribution in [0.5, 0.6) is 0 Å². The van der Waals surface area contributed by atoms with Crippen LogP contribution in [0.1, 0.15) is 21.7 Å². The summed E-state index contributed by atoms with van der Waals surface area (Å²) in [6.07, 6.45) is 0. The van der Waals surface area contributed by atoms with Gasteiger partial charge in [0.15, 0.2) is 0 Å². The Morgan fingerprint density at radius 1 is 0.893 bits per heavy atom. The summed E-state index contributed by atoms with van der Waals surface area (Å²) in [4.78, 5) is 21.8. The Labute approximate surface area is 167 Å². The molecule has 4 rings (SSSR count). The number of rotatable bonds is 5. The number of thiazole rings is 1. The van der Waals surface area contributed by atoms with Crippen molar-refractivity contribution in [3.63, 3.8) is 0 Å². The molecule has 2 aromatic heterocycles. The number of pyridine rings is 1. The van der Waals surface area contributed by atoms with E-state index in [-0.39, 0.29) is 5.91 Å². The third kappa shape index (κ3) is 4.00. The highest BCUT2D eigenvalue weighted by Gasteiger charge is 2.12. The molecule has 1 amide bonds. The number of hydrogen-bond donors (Lipinski definition) is 1. The molecule has 5 heteroatoms. The van der Waals surface area contributed by atoms with E-state index in [0.29, 0.717) is 17.8 Å². The predicted octanol–water partition coefficient (Wildman–Crippen LogP) is 5.11. The maximum absolute atomic E-state index is 12.6. The van der Waals surface area contributed by atoms with E-state index in [4.69, 9.17) is 0 Å². The molecule has 4 aromatic rings. The SMILES string of the molecule is Cc1nc(-c2ccccc2)ccc1C(=O)NCc1csc(-c2ccccc2)n1. The van der Waals surface area contributed by atoms with Crippen molar-refractivity contribution in [3.8, 4) is 21.8 Å². The highest BCUT2D eigenvalue weighted by atomic mass is 32.1. The van der Waals surface area contributed by atoms with E-state index in [0.717, 1.165) is 27.5 Å². The molecule has 0 radical (unpaired) electrons. The highest BCUT2D eigenvalue weighted by molar-refractivity contribution is 7.13. The number of aryl methyl sites for hydroxylation is 1. The summed E-state index contributed by atoms with van der Waals surface area (Å²) in [6.45, 7) is 2.25. The fourth-order valence-electron chi connectivity index (χ4n) is 2.94. The average Bonchev–Trinajstić information content (AvgIpc) is 3.22. The van der Waals surface area contributed by atoms with Crippen molar-refractivity contribution in [2.24, 2.45) is 0 Å². The minimum Gasteiger partial charge on any atom is -0.346 e. The van der Waals surface area contributed by atoms with Gasteiger partial charge in [0.2, 0.25) is 0 Å². The zero-order valence-electron chi connectivity index (χ0n) is 15.4. The zero-order valence-corrected chi connectivity index (χ0v) is 16.2. The first kappa shape index (κ1) is 18.1. The molecule has 1 N–H and O–H groups in total. The largest absolute Gasteiger partial charge is 0.346 e. The Morgan fingerprint density at radius 2 is 1.57 bits per heavy atom. The second-order valence-corrected chi connectivity index (χ2v) is 7.25. The normalized spacial score (nSPS) is 10.6. The van der Waals surface area contributed by atoms with Gasteiger partial charge in [0.05, 0.1) is 29.2 Å². The molecule has 4 nitrogen and oxygen atoms in total. The first-order valence-electron chi connectivity index (χ1n) is 9.02.